The van der Waals surface area contributed by atoms with Crippen LogP contribution >= 0.6 is 0 Å². The van der Waals surface area contributed by atoms with Crippen molar-refractivity contribution in [2.45, 2.75) is 6.92 Å². The highest BCUT2D eigenvalue weighted by molar-refractivity contribution is 6.10. The Morgan fingerprint density at radius 1 is 1.00 bits per heavy atom. The number of fused-ring (bicyclic) bond motifs is 1. The molecule has 3 aromatic rings. The average Bonchev–Trinajstić information content (AvgIpc) is 3.11. The van der Waals surface area contributed by atoms with Gasteiger partial charge in [0.25, 0.3) is 5.91 Å². The molecular formula is C22H23N3O4. The molecule has 0 atom stereocenters. The molecule has 1 aliphatic rings. The van der Waals surface area contributed by atoms with Crippen LogP contribution in [-0.4, -0.2) is 50.0 Å². The van der Waals surface area contributed by atoms with Crippen molar-refractivity contribution >= 4 is 34.2 Å². The summed E-state index contributed by atoms with van der Waals surface area (Å²) in [6.07, 6.45) is 0. The van der Waals surface area contributed by atoms with Gasteiger partial charge >= 0.3 is 0 Å². The van der Waals surface area contributed by atoms with E-state index in [2.05, 4.69) is 10.2 Å². The molecule has 29 heavy (non-hydrogen) atoms. The number of hydrogen-bond donors (Lipinski definition) is 1. The van der Waals surface area contributed by atoms with Gasteiger partial charge in [0.15, 0.2) is 0 Å². The fourth-order valence-corrected chi connectivity index (χ4v) is 3.60. The number of nitrogens with zero attached hydrogens (tertiary/aromatic N) is 2. The lowest BCUT2D eigenvalue weighted by molar-refractivity contribution is -0.114. The molecule has 7 nitrogen and oxygen atoms in total. The number of piperazine rings is 1. The number of amides is 2. The lowest BCUT2D eigenvalue weighted by Crippen LogP contribution is -2.48. The zero-order valence-electron chi connectivity index (χ0n) is 16.5. The molecule has 1 aliphatic heterocycles. The fraction of sp³-hybridized carbons (Fsp3) is 0.273. The van der Waals surface area contributed by atoms with E-state index >= 15 is 0 Å². The van der Waals surface area contributed by atoms with Crippen molar-refractivity contribution in [2.24, 2.45) is 0 Å². The zero-order valence-corrected chi connectivity index (χ0v) is 16.5. The first-order valence-corrected chi connectivity index (χ1v) is 9.54. The maximum atomic E-state index is 13.1. The number of carbonyl (C=O) groups excluding carboxylic acids is 2. The zero-order chi connectivity index (χ0) is 20.4. The summed E-state index contributed by atoms with van der Waals surface area (Å²) in [7, 11) is 1.65. The van der Waals surface area contributed by atoms with E-state index in [9.17, 15) is 9.59 Å². The van der Waals surface area contributed by atoms with E-state index in [0.29, 0.717) is 37.4 Å². The predicted molar refractivity (Wildman–Crippen MR) is 112 cm³/mol. The molecule has 0 aliphatic carbocycles. The second-order valence-corrected chi connectivity index (χ2v) is 6.96. The van der Waals surface area contributed by atoms with Gasteiger partial charge in [0, 0.05) is 44.2 Å². The van der Waals surface area contributed by atoms with Crippen LogP contribution < -0.4 is 15.0 Å². The molecule has 0 radical (unpaired) electrons. The molecule has 2 amide bonds. The highest BCUT2D eigenvalue weighted by Gasteiger charge is 2.28. The van der Waals surface area contributed by atoms with Crippen molar-refractivity contribution in [3.8, 4) is 5.75 Å². The summed E-state index contributed by atoms with van der Waals surface area (Å²) in [5.41, 5.74) is 2.12. The molecule has 1 fully saturated rings. The van der Waals surface area contributed by atoms with Gasteiger partial charge in [-0.2, -0.15) is 0 Å². The van der Waals surface area contributed by atoms with Crippen molar-refractivity contribution in [2.75, 3.05) is 43.5 Å². The molecule has 4 rings (SSSR count). The summed E-state index contributed by atoms with van der Waals surface area (Å²) < 4.78 is 11.0. The summed E-state index contributed by atoms with van der Waals surface area (Å²) in [5.74, 6) is 0.548. The molecule has 1 aromatic heterocycles. The smallest absolute Gasteiger partial charge is 0.291 e. The first-order chi connectivity index (χ1) is 14.1. The number of ether oxygens (including phenoxy) is 1. The summed E-state index contributed by atoms with van der Waals surface area (Å²) in [5, 5.41) is 3.48. The standard InChI is InChI=1S/C22H23N3O4/c1-15(26)23-20-18-5-3-4-6-19(18)29-21(20)22(27)25-13-11-24(12-14-25)16-7-9-17(28-2)10-8-16/h3-10H,11-14H2,1-2H3,(H,23,26). The second kappa shape index (κ2) is 7.87. The highest BCUT2D eigenvalue weighted by atomic mass is 16.5. The Hall–Kier alpha value is -3.48. The van der Waals surface area contributed by atoms with Crippen LogP contribution in [0.2, 0.25) is 0 Å². The number of rotatable bonds is 4. The van der Waals surface area contributed by atoms with E-state index in [1.165, 1.54) is 6.92 Å². The van der Waals surface area contributed by atoms with E-state index in [1.807, 2.05) is 42.5 Å². The number of benzene rings is 2. The third-order valence-electron chi connectivity index (χ3n) is 5.10. The summed E-state index contributed by atoms with van der Waals surface area (Å²) in [6, 6.07) is 15.2. The summed E-state index contributed by atoms with van der Waals surface area (Å²) >= 11 is 0. The van der Waals surface area contributed by atoms with Crippen LogP contribution in [-0.2, 0) is 4.79 Å². The SMILES string of the molecule is COc1ccc(N2CCN(C(=O)c3oc4ccccc4c3NC(C)=O)CC2)cc1. The number of anilines is 2. The van der Waals surface area contributed by atoms with Gasteiger partial charge in [0.1, 0.15) is 17.0 Å². The molecule has 1 saturated heterocycles. The van der Waals surface area contributed by atoms with Crippen LogP contribution in [0.5, 0.6) is 5.75 Å². The topological polar surface area (TPSA) is 75.0 Å². The maximum absolute atomic E-state index is 13.1. The summed E-state index contributed by atoms with van der Waals surface area (Å²) in [6.45, 7) is 3.99. The lowest BCUT2D eigenvalue weighted by atomic mass is 10.2. The van der Waals surface area contributed by atoms with E-state index in [4.69, 9.17) is 9.15 Å². The number of para-hydroxylation sites is 1. The molecule has 1 N–H and O–H groups in total. The van der Waals surface area contributed by atoms with E-state index < -0.39 is 0 Å². The quantitative estimate of drug-likeness (QED) is 0.736. The predicted octanol–water partition coefficient (Wildman–Crippen LogP) is 3.36. The largest absolute Gasteiger partial charge is 0.497 e. The van der Waals surface area contributed by atoms with Crippen molar-refractivity contribution in [1.29, 1.82) is 0 Å². The number of methoxy groups -OCH3 is 1. The summed E-state index contributed by atoms with van der Waals surface area (Å²) in [4.78, 5) is 28.8. The Bertz CT molecular complexity index is 1030. The molecule has 0 bridgehead atoms. The van der Waals surface area contributed by atoms with E-state index in [-0.39, 0.29) is 17.6 Å². The molecule has 0 unspecified atom stereocenters. The molecule has 150 valence electrons. The minimum absolute atomic E-state index is 0.180. The lowest BCUT2D eigenvalue weighted by Gasteiger charge is -2.35. The number of carbonyl (C=O) groups is 2. The molecule has 2 heterocycles. The first kappa shape index (κ1) is 18.9. The Labute approximate surface area is 168 Å². The highest BCUT2D eigenvalue weighted by Crippen LogP contribution is 2.32. The van der Waals surface area contributed by atoms with Gasteiger partial charge in [-0.1, -0.05) is 12.1 Å². The average molecular weight is 393 g/mol. The van der Waals surface area contributed by atoms with Gasteiger partial charge in [0.05, 0.1) is 7.11 Å². The molecule has 2 aromatic carbocycles. The van der Waals surface area contributed by atoms with Crippen LogP contribution in [0, 0.1) is 0 Å². The second-order valence-electron chi connectivity index (χ2n) is 6.96. The van der Waals surface area contributed by atoms with Crippen molar-refractivity contribution < 1.29 is 18.7 Å². The van der Waals surface area contributed by atoms with Gasteiger partial charge in [0.2, 0.25) is 11.7 Å². The first-order valence-electron chi connectivity index (χ1n) is 9.54. The van der Waals surface area contributed by atoms with Crippen LogP contribution in [0.4, 0.5) is 11.4 Å². The van der Waals surface area contributed by atoms with Crippen LogP contribution in [0.3, 0.4) is 0 Å². The van der Waals surface area contributed by atoms with Gasteiger partial charge in [-0.15, -0.1) is 0 Å². The van der Waals surface area contributed by atoms with Crippen LogP contribution in [0.1, 0.15) is 17.5 Å². The van der Waals surface area contributed by atoms with Crippen LogP contribution in [0.15, 0.2) is 52.9 Å². The van der Waals surface area contributed by atoms with Gasteiger partial charge in [-0.25, -0.2) is 0 Å². The number of furan rings is 1. The van der Waals surface area contributed by atoms with Gasteiger partial charge in [-0.05, 0) is 36.4 Å². The van der Waals surface area contributed by atoms with Crippen molar-refractivity contribution in [3.63, 3.8) is 0 Å². The Morgan fingerprint density at radius 2 is 1.69 bits per heavy atom. The number of nitrogens with one attached hydrogen (secondary N) is 1. The molecular weight excluding hydrogens is 370 g/mol. The molecule has 0 saturated carbocycles. The Kier molecular flexibility index (Phi) is 5.12. The van der Waals surface area contributed by atoms with Gasteiger partial charge in [-0.3, -0.25) is 9.59 Å². The van der Waals surface area contributed by atoms with Crippen LogP contribution in [0.25, 0.3) is 11.0 Å². The monoisotopic (exact) mass is 393 g/mol. The van der Waals surface area contributed by atoms with Gasteiger partial charge < -0.3 is 24.3 Å². The van der Waals surface area contributed by atoms with Crippen molar-refractivity contribution in [3.05, 3.63) is 54.3 Å². The number of hydrogen-bond acceptors (Lipinski definition) is 5. The Morgan fingerprint density at radius 3 is 2.34 bits per heavy atom. The van der Waals surface area contributed by atoms with E-state index in [0.717, 1.165) is 16.8 Å². The third-order valence-corrected chi connectivity index (χ3v) is 5.10. The Balaban J connectivity index is 1.51. The minimum atomic E-state index is -0.241. The van der Waals surface area contributed by atoms with Crippen molar-refractivity contribution in [1.82, 2.24) is 4.90 Å². The normalized spacial score (nSPS) is 14.1. The van der Waals surface area contributed by atoms with E-state index in [1.54, 1.807) is 18.1 Å². The minimum Gasteiger partial charge on any atom is -0.497 e. The molecule has 0 spiro atoms. The maximum Gasteiger partial charge on any atom is 0.291 e. The third kappa shape index (κ3) is 3.76. The fourth-order valence-electron chi connectivity index (χ4n) is 3.60. The molecule has 7 heteroatoms.